The zero-order valence-corrected chi connectivity index (χ0v) is 23.3. The lowest BCUT2D eigenvalue weighted by molar-refractivity contribution is -0.141. The van der Waals surface area contributed by atoms with Gasteiger partial charge in [0.15, 0.2) is 0 Å². The summed E-state index contributed by atoms with van der Waals surface area (Å²) in [6, 6.07) is 18.9. The lowest BCUT2D eigenvalue weighted by atomic mass is 10.0. The number of sulfonamides is 1. The number of halogens is 3. The van der Waals surface area contributed by atoms with E-state index in [0.717, 1.165) is 9.87 Å². The van der Waals surface area contributed by atoms with Crippen molar-refractivity contribution >= 4 is 56.6 Å². The molecule has 196 valence electrons. The Morgan fingerprint density at radius 3 is 2.14 bits per heavy atom. The van der Waals surface area contributed by atoms with Crippen molar-refractivity contribution in [2.75, 3.05) is 20.6 Å². The Hall–Kier alpha value is -2.62. The van der Waals surface area contributed by atoms with Gasteiger partial charge < -0.3 is 10.2 Å². The van der Waals surface area contributed by atoms with E-state index in [9.17, 15) is 18.0 Å². The van der Waals surface area contributed by atoms with Gasteiger partial charge in [-0.3, -0.25) is 9.59 Å². The number of hydrogen-bond donors (Lipinski definition) is 1. The normalized spacial score (nSPS) is 12.3. The fourth-order valence-corrected chi connectivity index (χ4v) is 5.28. The van der Waals surface area contributed by atoms with Crippen LogP contribution >= 0.6 is 34.8 Å². The molecule has 37 heavy (non-hydrogen) atoms. The highest BCUT2D eigenvalue weighted by molar-refractivity contribution is 7.89. The van der Waals surface area contributed by atoms with Crippen LogP contribution < -0.4 is 5.32 Å². The molecule has 1 N–H and O–H groups in total. The third kappa shape index (κ3) is 7.46. The second kappa shape index (κ2) is 12.8. The van der Waals surface area contributed by atoms with Gasteiger partial charge in [-0.25, -0.2) is 8.42 Å². The van der Waals surface area contributed by atoms with Crippen LogP contribution in [0, 0.1) is 0 Å². The van der Waals surface area contributed by atoms with Crippen LogP contribution in [0.2, 0.25) is 15.1 Å². The molecular weight excluding hydrogens is 557 g/mol. The molecule has 0 aliphatic carbocycles. The maximum atomic E-state index is 13.7. The van der Waals surface area contributed by atoms with Gasteiger partial charge in [-0.1, -0.05) is 71.2 Å². The third-order valence-electron chi connectivity index (χ3n) is 5.73. The second-order valence-electron chi connectivity index (χ2n) is 8.30. The molecule has 0 fully saturated rings. The summed E-state index contributed by atoms with van der Waals surface area (Å²) in [5, 5.41) is 3.66. The van der Waals surface area contributed by atoms with Crippen LogP contribution in [0.3, 0.4) is 0 Å². The summed E-state index contributed by atoms with van der Waals surface area (Å²) in [4.78, 5) is 28.0. The molecule has 2 amide bonds. The first kappa shape index (κ1) is 28.9. The second-order valence-corrected chi connectivity index (χ2v) is 11.6. The van der Waals surface area contributed by atoms with E-state index < -0.39 is 28.5 Å². The molecule has 3 rings (SSSR count). The highest BCUT2D eigenvalue weighted by Crippen LogP contribution is 2.25. The van der Waals surface area contributed by atoms with E-state index >= 15 is 0 Å². The summed E-state index contributed by atoms with van der Waals surface area (Å²) in [6.45, 7) is -0.482. The van der Waals surface area contributed by atoms with Crippen LogP contribution in [0.15, 0.2) is 77.7 Å². The molecule has 1 atom stereocenters. The van der Waals surface area contributed by atoms with Gasteiger partial charge in [-0.2, -0.15) is 4.31 Å². The van der Waals surface area contributed by atoms with Crippen LogP contribution in [0.5, 0.6) is 0 Å². The topological polar surface area (TPSA) is 86.8 Å². The van der Waals surface area contributed by atoms with E-state index in [1.165, 1.54) is 43.3 Å². The minimum Gasteiger partial charge on any atom is -0.357 e. The molecule has 0 saturated carbocycles. The Bertz CT molecular complexity index is 1350. The first-order valence-corrected chi connectivity index (χ1v) is 13.8. The highest BCUT2D eigenvalue weighted by Gasteiger charge is 2.32. The molecule has 0 heterocycles. The lowest BCUT2D eigenvalue weighted by Gasteiger charge is -2.32. The number of likely N-dealkylation sites (N-methyl/N-ethyl adjacent to an activating group) is 2. The van der Waals surface area contributed by atoms with Crippen LogP contribution in [0.4, 0.5) is 0 Å². The molecule has 7 nitrogen and oxygen atoms in total. The molecule has 0 aliphatic heterocycles. The predicted octanol–water partition coefficient (Wildman–Crippen LogP) is 4.65. The molecule has 3 aromatic rings. The van der Waals surface area contributed by atoms with E-state index in [1.807, 2.05) is 30.3 Å². The number of rotatable bonds is 10. The molecule has 0 aliphatic rings. The maximum Gasteiger partial charge on any atom is 0.243 e. The van der Waals surface area contributed by atoms with E-state index in [0.29, 0.717) is 20.6 Å². The molecule has 3 aromatic carbocycles. The monoisotopic (exact) mass is 581 g/mol. The Kier molecular flexibility index (Phi) is 9.98. The average molecular weight is 583 g/mol. The van der Waals surface area contributed by atoms with Crippen molar-refractivity contribution in [3.63, 3.8) is 0 Å². The van der Waals surface area contributed by atoms with Gasteiger partial charge in [-0.15, -0.1) is 0 Å². The van der Waals surface area contributed by atoms with Crippen molar-refractivity contribution in [2.24, 2.45) is 0 Å². The minimum atomic E-state index is -3.99. The molecule has 0 radical (unpaired) electrons. The molecule has 0 aromatic heterocycles. The lowest BCUT2D eigenvalue weighted by Crippen LogP contribution is -2.52. The number of carbonyl (C=O) groups is 2. The Morgan fingerprint density at radius 2 is 1.54 bits per heavy atom. The summed E-state index contributed by atoms with van der Waals surface area (Å²) < 4.78 is 27.1. The zero-order valence-electron chi connectivity index (χ0n) is 20.2. The van der Waals surface area contributed by atoms with Gasteiger partial charge in [0, 0.05) is 32.1 Å². The maximum absolute atomic E-state index is 13.7. The van der Waals surface area contributed by atoms with Gasteiger partial charge in [0.25, 0.3) is 0 Å². The van der Waals surface area contributed by atoms with Gasteiger partial charge >= 0.3 is 0 Å². The van der Waals surface area contributed by atoms with Crippen molar-refractivity contribution in [2.45, 2.75) is 23.9 Å². The SMILES string of the molecule is CNC(=O)C(Cc1ccccc1)N(Cc1ccc(Cl)c(Cl)c1)C(=O)CN(C)S(=O)(=O)c1ccc(Cl)cc1. The van der Waals surface area contributed by atoms with Gasteiger partial charge in [0.2, 0.25) is 21.8 Å². The predicted molar refractivity (Wildman–Crippen MR) is 146 cm³/mol. The summed E-state index contributed by atoms with van der Waals surface area (Å²) in [6.07, 6.45) is 0.223. The smallest absolute Gasteiger partial charge is 0.243 e. The molecule has 0 bridgehead atoms. The number of benzene rings is 3. The van der Waals surface area contributed by atoms with E-state index in [-0.39, 0.29) is 23.8 Å². The molecule has 11 heteroatoms. The Balaban J connectivity index is 1.95. The van der Waals surface area contributed by atoms with E-state index in [1.54, 1.807) is 18.2 Å². The van der Waals surface area contributed by atoms with Gasteiger partial charge in [-0.05, 0) is 47.5 Å². The van der Waals surface area contributed by atoms with Gasteiger partial charge in [0.05, 0.1) is 21.5 Å². The molecule has 1 unspecified atom stereocenters. The molecule has 0 saturated heterocycles. The van der Waals surface area contributed by atoms with Crippen molar-refractivity contribution in [1.82, 2.24) is 14.5 Å². The van der Waals surface area contributed by atoms with E-state index in [2.05, 4.69) is 5.32 Å². The minimum absolute atomic E-state index is 0.00429. The number of hydrogen-bond acceptors (Lipinski definition) is 4. The number of amides is 2. The fraction of sp³-hybridized carbons (Fsp3) is 0.231. The van der Waals surface area contributed by atoms with Crippen LogP contribution in [0.25, 0.3) is 0 Å². The number of nitrogens with zero attached hydrogens (tertiary/aromatic N) is 2. The van der Waals surface area contributed by atoms with Crippen molar-refractivity contribution in [1.29, 1.82) is 0 Å². The number of nitrogens with one attached hydrogen (secondary N) is 1. The Labute approximate surface area is 232 Å². The average Bonchev–Trinajstić information content (AvgIpc) is 2.88. The first-order valence-electron chi connectivity index (χ1n) is 11.2. The Morgan fingerprint density at radius 1 is 0.892 bits per heavy atom. The largest absolute Gasteiger partial charge is 0.357 e. The van der Waals surface area contributed by atoms with Crippen molar-refractivity contribution in [3.8, 4) is 0 Å². The van der Waals surface area contributed by atoms with Crippen LogP contribution in [0.1, 0.15) is 11.1 Å². The first-order chi connectivity index (χ1) is 17.5. The fourth-order valence-electron chi connectivity index (χ4n) is 3.71. The van der Waals surface area contributed by atoms with Crippen molar-refractivity contribution in [3.05, 3.63) is 99.0 Å². The quantitative estimate of drug-likeness (QED) is 0.377. The summed E-state index contributed by atoms with van der Waals surface area (Å²) in [5.74, 6) is -0.948. The third-order valence-corrected chi connectivity index (χ3v) is 8.54. The zero-order chi connectivity index (χ0) is 27.2. The summed E-state index contributed by atoms with van der Waals surface area (Å²) in [7, 11) is -1.20. The molecular formula is C26H26Cl3N3O4S. The molecule has 0 spiro atoms. The van der Waals surface area contributed by atoms with Crippen LogP contribution in [-0.2, 0) is 32.6 Å². The van der Waals surface area contributed by atoms with Crippen LogP contribution in [-0.4, -0.2) is 56.1 Å². The van der Waals surface area contributed by atoms with Crippen molar-refractivity contribution < 1.29 is 18.0 Å². The summed E-state index contributed by atoms with van der Waals surface area (Å²) in [5.41, 5.74) is 1.47. The number of carbonyl (C=O) groups excluding carboxylic acids is 2. The summed E-state index contributed by atoms with van der Waals surface area (Å²) >= 11 is 18.1. The standard InChI is InChI=1S/C26H26Cl3N3O4S/c1-30-26(34)24(15-18-6-4-3-5-7-18)32(16-19-8-13-22(28)23(29)14-19)25(33)17-31(2)37(35,36)21-11-9-20(27)10-12-21/h3-14,24H,15-17H2,1-2H3,(H,30,34). The van der Waals surface area contributed by atoms with Gasteiger partial charge in [0.1, 0.15) is 6.04 Å². The van der Waals surface area contributed by atoms with E-state index in [4.69, 9.17) is 34.8 Å². The highest BCUT2D eigenvalue weighted by atomic mass is 35.5.